The number of nitrogens with zero attached hydrogens (tertiary/aromatic N) is 3. The van der Waals surface area contributed by atoms with Gasteiger partial charge in [-0.15, -0.1) is 0 Å². The average Bonchev–Trinajstić information content (AvgIpc) is 3.20. The number of rotatable bonds is 6. The first-order valence-electron chi connectivity index (χ1n) is 10.6. The summed E-state index contributed by atoms with van der Waals surface area (Å²) in [5, 5.41) is 10.5. The van der Waals surface area contributed by atoms with E-state index in [1.54, 1.807) is 6.07 Å². The number of aromatic nitrogens is 2. The molecule has 1 aromatic heterocycles. The van der Waals surface area contributed by atoms with E-state index >= 15 is 0 Å². The Morgan fingerprint density at radius 2 is 2.00 bits per heavy atom. The van der Waals surface area contributed by atoms with Crippen molar-refractivity contribution in [3.8, 4) is 11.5 Å². The number of likely N-dealkylation sites (tertiary alicyclic amines) is 1. The highest BCUT2D eigenvalue weighted by Gasteiger charge is 2.31. The molecule has 2 aliphatic rings. The number of benzene rings is 1. The van der Waals surface area contributed by atoms with Gasteiger partial charge in [0.2, 0.25) is 0 Å². The Balaban J connectivity index is 1.43. The second-order valence-corrected chi connectivity index (χ2v) is 8.13. The van der Waals surface area contributed by atoms with E-state index in [1.165, 1.54) is 57.0 Å². The van der Waals surface area contributed by atoms with E-state index in [-0.39, 0.29) is 5.82 Å². The average molecular weight is 403 g/mol. The Hall–Kier alpha value is -2.12. The van der Waals surface area contributed by atoms with Crippen molar-refractivity contribution >= 4 is 0 Å². The number of aliphatic hydroxyl groups is 1. The van der Waals surface area contributed by atoms with E-state index in [0.717, 1.165) is 13.1 Å². The molecule has 7 heteroatoms. The van der Waals surface area contributed by atoms with Crippen LogP contribution in [0.5, 0.6) is 11.5 Å². The molecule has 0 spiro atoms. The monoisotopic (exact) mass is 403 g/mol. The molecule has 29 heavy (non-hydrogen) atoms. The lowest BCUT2D eigenvalue weighted by Crippen LogP contribution is -2.49. The molecule has 2 fully saturated rings. The van der Waals surface area contributed by atoms with Crippen LogP contribution in [0.25, 0.3) is 0 Å². The largest absolute Gasteiger partial charge is 0.493 e. The van der Waals surface area contributed by atoms with Crippen LogP contribution in [0.1, 0.15) is 50.3 Å². The minimum absolute atomic E-state index is 0.338. The van der Waals surface area contributed by atoms with Crippen LogP contribution < -0.4 is 9.47 Å². The summed E-state index contributed by atoms with van der Waals surface area (Å²) in [4.78, 5) is 6.69. The van der Waals surface area contributed by atoms with E-state index in [1.807, 2.05) is 12.5 Å². The predicted octanol–water partition coefficient (Wildman–Crippen LogP) is 3.55. The molecule has 1 saturated carbocycles. The van der Waals surface area contributed by atoms with Gasteiger partial charge in [-0.2, -0.15) is 0 Å². The summed E-state index contributed by atoms with van der Waals surface area (Å²) in [6.45, 7) is 2.18. The molecule has 1 saturated heterocycles. The highest BCUT2D eigenvalue weighted by molar-refractivity contribution is 5.40. The number of methoxy groups -OCH3 is 1. The van der Waals surface area contributed by atoms with Crippen molar-refractivity contribution < 1.29 is 19.0 Å². The Bertz CT molecular complexity index is 806. The fourth-order valence-electron chi connectivity index (χ4n) is 4.50. The summed E-state index contributed by atoms with van der Waals surface area (Å²) in [6.07, 6.45) is 9.93. The van der Waals surface area contributed by atoms with Crippen LogP contribution in [0, 0.1) is 5.82 Å². The quantitative estimate of drug-likeness (QED) is 0.799. The zero-order valence-corrected chi connectivity index (χ0v) is 17.0. The van der Waals surface area contributed by atoms with Gasteiger partial charge in [0.1, 0.15) is 11.9 Å². The molecular weight excluding hydrogens is 373 g/mol. The van der Waals surface area contributed by atoms with Gasteiger partial charge in [-0.1, -0.05) is 19.3 Å². The van der Waals surface area contributed by atoms with Gasteiger partial charge in [-0.3, -0.25) is 4.90 Å². The highest BCUT2D eigenvalue weighted by Crippen LogP contribution is 2.31. The zero-order chi connectivity index (χ0) is 20.2. The number of piperidine rings is 1. The van der Waals surface area contributed by atoms with Crippen molar-refractivity contribution in [3.05, 3.63) is 42.2 Å². The van der Waals surface area contributed by atoms with E-state index < -0.39 is 12.2 Å². The molecule has 158 valence electrons. The second kappa shape index (κ2) is 9.13. The number of halogens is 1. The van der Waals surface area contributed by atoms with Crippen LogP contribution in [0.15, 0.2) is 30.7 Å². The van der Waals surface area contributed by atoms with Crippen LogP contribution in [-0.2, 0) is 6.54 Å². The van der Waals surface area contributed by atoms with E-state index in [9.17, 15) is 9.50 Å². The molecule has 2 heterocycles. The van der Waals surface area contributed by atoms with Crippen molar-refractivity contribution in [1.29, 1.82) is 0 Å². The summed E-state index contributed by atoms with van der Waals surface area (Å²) < 4.78 is 27.1. The summed E-state index contributed by atoms with van der Waals surface area (Å²) >= 11 is 0. The summed E-state index contributed by atoms with van der Waals surface area (Å²) in [5.74, 6) is 0.410. The van der Waals surface area contributed by atoms with Gasteiger partial charge < -0.3 is 19.1 Å². The molecule has 1 N–H and O–H groups in total. The van der Waals surface area contributed by atoms with Crippen LogP contribution >= 0.6 is 0 Å². The number of aliphatic hydroxyl groups excluding tert-OH is 1. The maximum absolute atomic E-state index is 13.5. The maximum atomic E-state index is 13.5. The zero-order valence-electron chi connectivity index (χ0n) is 17.0. The van der Waals surface area contributed by atoms with Gasteiger partial charge >= 0.3 is 0 Å². The summed E-state index contributed by atoms with van der Waals surface area (Å²) in [6, 6.07) is 4.74. The lowest BCUT2D eigenvalue weighted by molar-refractivity contribution is -0.0282. The minimum atomic E-state index is -0.565. The molecule has 0 unspecified atom stereocenters. The van der Waals surface area contributed by atoms with Gasteiger partial charge in [0.15, 0.2) is 11.5 Å². The Kier molecular flexibility index (Phi) is 6.35. The van der Waals surface area contributed by atoms with Crippen LogP contribution in [0.4, 0.5) is 4.39 Å². The Morgan fingerprint density at radius 1 is 1.17 bits per heavy atom. The lowest BCUT2D eigenvalue weighted by atomic mass is 9.95. The molecule has 1 aliphatic heterocycles. The van der Waals surface area contributed by atoms with Crippen LogP contribution in [0.3, 0.4) is 0 Å². The standard InChI is InChI=1S/C22H30FN3O3/c1-28-21-11-16(23)7-8-20(21)29-22-14-25(10-9-19(22)27)13-18-12-24-15-26(18)17-5-3-2-4-6-17/h7-8,11-12,15,17,19,22,27H,2-6,9-10,13-14H2,1H3/t19-,22-/m1/s1. The normalized spacial score (nSPS) is 23.8. The van der Waals surface area contributed by atoms with Crippen molar-refractivity contribution in [3.63, 3.8) is 0 Å². The van der Waals surface area contributed by atoms with Gasteiger partial charge in [-0.25, -0.2) is 9.37 Å². The van der Waals surface area contributed by atoms with E-state index in [4.69, 9.17) is 9.47 Å². The van der Waals surface area contributed by atoms with Gasteiger partial charge in [0.05, 0.1) is 25.2 Å². The van der Waals surface area contributed by atoms with Gasteiger partial charge in [0, 0.05) is 37.9 Å². The SMILES string of the molecule is COc1cc(F)ccc1O[C@@H]1CN(Cc2cncn2C2CCCCC2)CC[C@H]1O. The molecule has 4 rings (SSSR count). The molecule has 1 aliphatic carbocycles. The van der Waals surface area contributed by atoms with Crippen LogP contribution in [0.2, 0.25) is 0 Å². The molecule has 0 radical (unpaired) electrons. The molecule has 0 amide bonds. The minimum Gasteiger partial charge on any atom is -0.493 e. The third-order valence-corrected chi connectivity index (χ3v) is 6.11. The fourth-order valence-corrected chi connectivity index (χ4v) is 4.50. The predicted molar refractivity (Wildman–Crippen MR) is 108 cm³/mol. The van der Waals surface area contributed by atoms with Crippen molar-refractivity contribution in [1.82, 2.24) is 14.5 Å². The van der Waals surface area contributed by atoms with Crippen molar-refractivity contribution in [2.75, 3.05) is 20.2 Å². The molecule has 1 aromatic carbocycles. The molecule has 6 nitrogen and oxygen atoms in total. The molecule has 0 bridgehead atoms. The van der Waals surface area contributed by atoms with Crippen LogP contribution in [-0.4, -0.2) is 52.0 Å². The van der Waals surface area contributed by atoms with Crippen molar-refractivity contribution in [2.45, 2.75) is 63.3 Å². The van der Waals surface area contributed by atoms with Gasteiger partial charge in [0.25, 0.3) is 0 Å². The number of hydrogen-bond acceptors (Lipinski definition) is 5. The first-order chi connectivity index (χ1) is 14.1. The lowest BCUT2D eigenvalue weighted by Gasteiger charge is -2.36. The van der Waals surface area contributed by atoms with E-state index in [2.05, 4.69) is 14.5 Å². The topological polar surface area (TPSA) is 59.8 Å². The second-order valence-electron chi connectivity index (χ2n) is 8.13. The Morgan fingerprint density at radius 3 is 2.79 bits per heavy atom. The van der Waals surface area contributed by atoms with Gasteiger partial charge in [-0.05, 0) is 31.4 Å². The number of ether oxygens (including phenoxy) is 2. The third kappa shape index (κ3) is 4.73. The summed E-state index contributed by atoms with van der Waals surface area (Å²) in [7, 11) is 1.48. The van der Waals surface area contributed by atoms with Crippen molar-refractivity contribution in [2.24, 2.45) is 0 Å². The molecule has 2 atom stereocenters. The number of imidazole rings is 1. The maximum Gasteiger partial charge on any atom is 0.163 e. The molecule has 2 aromatic rings. The first kappa shape index (κ1) is 20.2. The molecular formula is C22H30FN3O3. The highest BCUT2D eigenvalue weighted by atomic mass is 19.1. The fraction of sp³-hybridized carbons (Fsp3) is 0.591. The van der Waals surface area contributed by atoms with E-state index in [0.29, 0.717) is 30.5 Å². The number of hydrogen-bond donors (Lipinski definition) is 1. The first-order valence-corrected chi connectivity index (χ1v) is 10.6. The summed E-state index contributed by atoms with van der Waals surface area (Å²) in [5.41, 5.74) is 1.21. The third-order valence-electron chi connectivity index (χ3n) is 6.11. The Labute approximate surface area is 171 Å². The smallest absolute Gasteiger partial charge is 0.163 e.